The first kappa shape index (κ1) is 12.9. The SMILES string of the molecule is CC.CC1CC(C)N(C(=O)C2=NCC=C2)C1. The predicted molar refractivity (Wildman–Crippen MR) is 67.7 cm³/mol. The summed E-state index contributed by atoms with van der Waals surface area (Å²) in [5.74, 6) is 0.732. The average Bonchev–Trinajstić information content (AvgIpc) is 2.90. The summed E-state index contributed by atoms with van der Waals surface area (Å²) < 4.78 is 0. The third-order valence-electron chi connectivity index (χ3n) is 2.91. The largest absolute Gasteiger partial charge is 0.334 e. The molecule has 1 fully saturated rings. The fourth-order valence-corrected chi connectivity index (χ4v) is 2.24. The predicted octanol–water partition coefficient (Wildman–Crippen LogP) is 2.28. The van der Waals surface area contributed by atoms with Crippen molar-refractivity contribution in [2.45, 2.75) is 40.2 Å². The van der Waals surface area contributed by atoms with Gasteiger partial charge in [-0.05, 0) is 25.3 Å². The summed E-state index contributed by atoms with van der Waals surface area (Å²) in [7, 11) is 0. The van der Waals surface area contributed by atoms with Crippen LogP contribution in [0, 0.1) is 5.92 Å². The van der Waals surface area contributed by atoms with Gasteiger partial charge in [0.05, 0.1) is 6.54 Å². The molecule has 2 atom stereocenters. The van der Waals surface area contributed by atoms with Gasteiger partial charge < -0.3 is 4.90 Å². The maximum atomic E-state index is 11.9. The van der Waals surface area contributed by atoms with Gasteiger partial charge in [-0.3, -0.25) is 9.79 Å². The standard InChI is InChI=1S/C11H16N2O.C2H6/c1-8-6-9(2)13(7-8)11(14)10-4-3-5-12-10;1-2/h3-4,8-9H,5-7H2,1-2H3;1-2H3. The molecule has 1 saturated heterocycles. The van der Waals surface area contributed by atoms with Crippen molar-refractivity contribution >= 4 is 11.6 Å². The zero-order valence-corrected chi connectivity index (χ0v) is 10.7. The van der Waals surface area contributed by atoms with Crippen molar-refractivity contribution in [1.29, 1.82) is 0 Å². The molecule has 0 aliphatic carbocycles. The van der Waals surface area contributed by atoms with Gasteiger partial charge in [0, 0.05) is 12.6 Å². The van der Waals surface area contributed by atoms with Crippen LogP contribution in [0.4, 0.5) is 0 Å². The van der Waals surface area contributed by atoms with E-state index in [1.54, 1.807) is 0 Å². The summed E-state index contributed by atoms with van der Waals surface area (Å²) in [4.78, 5) is 18.0. The lowest BCUT2D eigenvalue weighted by atomic mass is 10.1. The van der Waals surface area contributed by atoms with Crippen LogP contribution in [0.25, 0.3) is 0 Å². The minimum absolute atomic E-state index is 0.107. The molecule has 2 aliphatic heterocycles. The molecule has 0 aromatic rings. The molecule has 2 aliphatic rings. The molecule has 1 amide bonds. The van der Waals surface area contributed by atoms with Gasteiger partial charge in [-0.2, -0.15) is 0 Å². The van der Waals surface area contributed by atoms with Crippen molar-refractivity contribution in [3.8, 4) is 0 Å². The van der Waals surface area contributed by atoms with E-state index in [4.69, 9.17) is 0 Å². The molecule has 0 bridgehead atoms. The Balaban J connectivity index is 0.000000606. The van der Waals surface area contributed by atoms with Gasteiger partial charge >= 0.3 is 0 Å². The lowest BCUT2D eigenvalue weighted by Gasteiger charge is -2.20. The van der Waals surface area contributed by atoms with Crippen LogP contribution in [0.3, 0.4) is 0 Å². The Morgan fingerprint density at radius 2 is 2.12 bits per heavy atom. The second kappa shape index (κ2) is 5.83. The van der Waals surface area contributed by atoms with Crippen LogP contribution >= 0.6 is 0 Å². The maximum Gasteiger partial charge on any atom is 0.272 e. The molecule has 0 N–H and O–H groups in total. The van der Waals surface area contributed by atoms with Gasteiger partial charge in [0.1, 0.15) is 5.71 Å². The number of carbonyl (C=O) groups is 1. The van der Waals surface area contributed by atoms with Crippen molar-refractivity contribution in [3.05, 3.63) is 12.2 Å². The normalized spacial score (nSPS) is 27.5. The molecule has 90 valence electrons. The summed E-state index contributed by atoms with van der Waals surface area (Å²) >= 11 is 0. The van der Waals surface area contributed by atoms with Gasteiger partial charge in [-0.15, -0.1) is 0 Å². The van der Waals surface area contributed by atoms with Crippen molar-refractivity contribution in [2.24, 2.45) is 10.9 Å². The Labute approximate surface area is 98.2 Å². The Morgan fingerprint density at radius 3 is 2.56 bits per heavy atom. The molecule has 0 radical (unpaired) electrons. The van der Waals surface area contributed by atoms with Gasteiger partial charge in [0.2, 0.25) is 0 Å². The molecule has 3 nitrogen and oxygen atoms in total. The van der Waals surface area contributed by atoms with Crippen LogP contribution in [0.1, 0.15) is 34.1 Å². The Hall–Kier alpha value is -1.12. The van der Waals surface area contributed by atoms with Crippen LogP contribution in [-0.2, 0) is 4.79 Å². The first-order valence-corrected chi connectivity index (χ1v) is 6.20. The summed E-state index contributed by atoms with van der Waals surface area (Å²) in [5.41, 5.74) is 0.631. The minimum Gasteiger partial charge on any atom is -0.334 e. The Morgan fingerprint density at radius 1 is 1.44 bits per heavy atom. The summed E-state index contributed by atoms with van der Waals surface area (Å²) in [6, 6.07) is 0.370. The number of amides is 1. The average molecular weight is 222 g/mol. The molecule has 16 heavy (non-hydrogen) atoms. The molecule has 3 heteroatoms. The molecule has 0 aromatic carbocycles. The van der Waals surface area contributed by atoms with E-state index in [-0.39, 0.29) is 5.91 Å². The topological polar surface area (TPSA) is 32.7 Å². The van der Waals surface area contributed by atoms with E-state index in [1.165, 1.54) is 0 Å². The van der Waals surface area contributed by atoms with Crippen LogP contribution in [0.2, 0.25) is 0 Å². The first-order chi connectivity index (χ1) is 7.68. The summed E-state index contributed by atoms with van der Waals surface area (Å²) in [5, 5.41) is 0. The number of carbonyl (C=O) groups excluding carboxylic acids is 1. The quantitative estimate of drug-likeness (QED) is 0.670. The molecule has 2 heterocycles. The summed E-state index contributed by atoms with van der Waals surface area (Å²) in [6.45, 7) is 9.85. The van der Waals surface area contributed by atoms with Crippen molar-refractivity contribution < 1.29 is 4.79 Å². The van der Waals surface area contributed by atoms with E-state index in [9.17, 15) is 4.79 Å². The number of likely N-dealkylation sites (tertiary alicyclic amines) is 1. The molecular formula is C13H22N2O. The van der Waals surface area contributed by atoms with E-state index >= 15 is 0 Å². The van der Waals surface area contributed by atoms with E-state index in [0.29, 0.717) is 24.2 Å². The third-order valence-corrected chi connectivity index (χ3v) is 2.91. The third kappa shape index (κ3) is 2.71. The Bertz CT molecular complexity index is 307. The molecule has 0 aromatic heterocycles. The van der Waals surface area contributed by atoms with Crippen LogP contribution in [0.15, 0.2) is 17.1 Å². The number of nitrogens with zero attached hydrogens (tertiary/aromatic N) is 2. The van der Waals surface area contributed by atoms with Crippen LogP contribution in [0.5, 0.6) is 0 Å². The zero-order chi connectivity index (χ0) is 12.1. The van der Waals surface area contributed by atoms with Crippen LogP contribution in [-0.4, -0.2) is 35.7 Å². The van der Waals surface area contributed by atoms with Gasteiger partial charge in [0.15, 0.2) is 0 Å². The highest BCUT2D eigenvalue weighted by atomic mass is 16.2. The first-order valence-electron chi connectivity index (χ1n) is 6.20. The summed E-state index contributed by atoms with van der Waals surface area (Å²) in [6.07, 6.45) is 4.87. The van der Waals surface area contributed by atoms with Gasteiger partial charge in [-0.25, -0.2) is 0 Å². The fourth-order valence-electron chi connectivity index (χ4n) is 2.24. The van der Waals surface area contributed by atoms with E-state index in [0.717, 1.165) is 13.0 Å². The van der Waals surface area contributed by atoms with Crippen molar-refractivity contribution in [2.75, 3.05) is 13.1 Å². The Kier molecular flexibility index (Phi) is 4.71. The lowest BCUT2D eigenvalue weighted by molar-refractivity contribution is -0.124. The molecule has 0 saturated carbocycles. The highest BCUT2D eigenvalue weighted by Crippen LogP contribution is 2.22. The molecule has 0 spiro atoms. The molecular weight excluding hydrogens is 200 g/mol. The van der Waals surface area contributed by atoms with Gasteiger partial charge in [0.25, 0.3) is 5.91 Å². The number of hydrogen-bond donors (Lipinski definition) is 0. The molecule has 2 unspecified atom stereocenters. The zero-order valence-electron chi connectivity index (χ0n) is 10.7. The monoisotopic (exact) mass is 222 g/mol. The van der Waals surface area contributed by atoms with Crippen LogP contribution < -0.4 is 0 Å². The number of hydrogen-bond acceptors (Lipinski definition) is 2. The van der Waals surface area contributed by atoms with E-state index in [1.807, 2.05) is 30.9 Å². The minimum atomic E-state index is 0.107. The number of rotatable bonds is 1. The second-order valence-electron chi connectivity index (χ2n) is 4.28. The lowest BCUT2D eigenvalue weighted by Crippen LogP contribution is -2.38. The fraction of sp³-hybridized carbons (Fsp3) is 0.692. The van der Waals surface area contributed by atoms with E-state index in [2.05, 4.69) is 18.8 Å². The maximum absolute atomic E-state index is 11.9. The smallest absolute Gasteiger partial charge is 0.272 e. The molecule has 2 rings (SSSR count). The highest BCUT2D eigenvalue weighted by Gasteiger charge is 2.31. The second-order valence-corrected chi connectivity index (χ2v) is 4.28. The van der Waals surface area contributed by atoms with Crippen molar-refractivity contribution in [3.63, 3.8) is 0 Å². The van der Waals surface area contributed by atoms with Gasteiger partial charge in [-0.1, -0.05) is 26.8 Å². The number of aliphatic imine (C=N–C) groups is 1. The highest BCUT2D eigenvalue weighted by molar-refractivity contribution is 6.43. The van der Waals surface area contributed by atoms with E-state index < -0.39 is 0 Å². The van der Waals surface area contributed by atoms with Crippen molar-refractivity contribution in [1.82, 2.24) is 4.90 Å².